The number of nitrogens with zero attached hydrogens (tertiary/aromatic N) is 1. The Morgan fingerprint density at radius 3 is 2.52 bits per heavy atom. The largest absolute Gasteiger partial charge is 0.489 e. The molecule has 6 heteroatoms. The van der Waals surface area contributed by atoms with Crippen LogP contribution in [0.25, 0.3) is 0 Å². The molecule has 0 aromatic heterocycles. The summed E-state index contributed by atoms with van der Waals surface area (Å²) in [6.07, 6.45) is 0. The maximum atomic E-state index is 12.8. The van der Waals surface area contributed by atoms with Crippen molar-refractivity contribution in [3.8, 4) is 5.75 Å². The van der Waals surface area contributed by atoms with Gasteiger partial charge in [-0.1, -0.05) is 40.2 Å². The number of hydrogen-bond acceptors (Lipinski definition) is 3. The van der Waals surface area contributed by atoms with E-state index in [9.17, 15) is 8.42 Å². The van der Waals surface area contributed by atoms with Gasteiger partial charge >= 0.3 is 0 Å². The highest BCUT2D eigenvalue weighted by Gasteiger charge is 2.29. The Kier molecular flexibility index (Phi) is 3.91. The third-order valence-electron chi connectivity index (χ3n) is 3.35. The van der Waals surface area contributed by atoms with Gasteiger partial charge in [-0.3, -0.25) is 4.31 Å². The Hall–Kier alpha value is -1.53. The maximum Gasteiger partial charge on any atom is 0.264 e. The van der Waals surface area contributed by atoms with Gasteiger partial charge in [0.05, 0.1) is 17.1 Å². The quantitative estimate of drug-likeness (QED) is 0.782. The Balaban J connectivity index is 2.02. The molecule has 110 valence electrons. The number of rotatable bonds is 3. The minimum Gasteiger partial charge on any atom is -0.489 e. The van der Waals surface area contributed by atoms with Gasteiger partial charge < -0.3 is 4.74 Å². The lowest BCUT2D eigenvalue weighted by Gasteiger charge is -2.30. The zero-order valence-corrected chi connectivity index (χ0v) is 13.6. The van der Waals surface area contributed by atoms with Crippen LogP contribution < -0.4 is 9.04 Å². The molecule has 0 saturated heterocycles. The maximum absolute atomic E-state index is 12.8. The van der Waals surface area contributed by atoms with E-state index in [-0.39, 0.29) is 0 Å². The van der Waals surface area contributed by atoms with Crippen molar-refractivity contribution in [1.82, 2.24) is 0 Å². The molecule has 0 N–H and O–H groups in total. The van der Waals surface area contributed by atoms with Gasteiger partial charge in [0.15, 0.2) is 0 Å². The average molecular weight is 368 g/mol. The summed E-state index contributed by atoms with van der Waals surface area (Å²) in [4.78, 5) is 0.295. The van der Waals surface area contributed by atoms with Crippen LogP contribution in [0.3, 0.4) is 0 Å². The van der Waals surface area contributed by atoms with Crippen molar-refractivity contribution < 1.29 is 13.2 Å². The van der Waals surface area contributed by atoms with Gasteiger partial charge in [-0.2, -0.15) is 0 Å². The normalized spacial score (nSPS) is 14.4. The van der Waals surface area contributed by atoms with E-state index in [0.717, 1.165) is 5.56 Å². The van der Waals surface area contributed by atoms with E-state index in [1.54, 1.807) is 24.3 Å². The highest BCUT2D eigenvalue weighted by Crippen LogP contribution is 2.34. The molecule has 0 atom stereocenters. The number of halogens is 1. The molecule has 0 aliphatic carbocycles. The number of benzene rings is 2. The average Bonchev–Trinajstić information content (AvgIpc) is 2.54. The molecule has 1 aliphatic rings. The van der Waals surface area contributed by atoms with Crippen LogP contribution >= 0.6 is 15.9 Å². The Morgan fingerprint density at radius 2 is 1.81 bits per heavy atom. The SMILES string of the molecule is O=S(=O)(c1ccc(CBr)cc1)N1CCOc2ccccc21. The van der Waals surface area contributed by atoms with E-state index in [1.165, 1.54) is 4.31 Å². The van der Waals surface area contributed by atoms with Gasteiger partial charge in [0.2, 0.25) is 0 Å². The van der Waals surface area contributed by atoms with Crippen molar-refractivity contribution in [3.05, 3.63) is 54.1 Å². The van der Waals surface area contributed by atoms with E-state index in [4.69, 9.17) is 4.74 Å². The Morgan fingerprint density at radius 1 is 1.10 bits per heavy atom. The number of anilines is 1. The molecule has 0 radical (unpaired) electrons. The molecule has 0 unspecified atom stereocenters. The van der Waals surface area contributed by atoms with Crippen LogP contribution in [0, 0.1) is 0 Å². The van der Waals surface area contributed by atoms with E-state index in [1.807, 2.05) is 24.3 Å². The van der Waals surface area contributed by atoms with E-state index in [0.29, 0.717) is 34.8 Å². The van der Waals surface area contributed by atoms with Gasteiger partial charge in [-0.15, -0.1) is 0 Å². The van der Waals surface area contributed by atoms with Crippen LogP contribution in [0.2, 0.25) is 0 Å². The molecule has 2 aromatic carbocycles. The number of ether oxygens (including phenoxy) is 1. The van der Waals surface area contributed by atoms with Gasteiger partial charge in [-0.05, 0) is 29.8 Å². The molecular formula is C15H14BrNO3S. The molecule has 1 heterocycles. The smallest absolute Gasteiger partial charge is 0.264 e. The second kappa shape index (κ2) is 5.69. The summed E-state index contributed by atoms with van der Waals surface area (Å²) in [6, 6.07) is 14.1. The summed E-state index contributed by atoms with van der Waals surface area (Å²) in [7, 11) is -3.56. The number of para-hydroxylation sites is 2. The zero-order valence-electron chi connectivity index (χ0n) is 11.2. The molecule has 0 spiro atoms. The van der Waals surface area contributed by atoms with Crippen molar-refractivity contribution in [2.75, 3.05) is 17.5 Å². The zero-order chi connectivity index (χ0) is 14.9. The van der Waals surface area contributed by atoms with Crippen LogP contribution in [-0.4, -0.2) is 21.6 Å². The summed E-state index contributed by atoms with van der Waals surface area (Å²) in [6.45, 7) is 0.676. The third-order valence-corrected chi connectivity index (χ3v) is 5.83. The van der Waals surface area contributed by atoms with E-state index >= 15 is 0 Å². The fourth-order valence-corrected chi connectivity index (χ4v) is 4.10. The molecule has 0 fully saturated rings. The van der Waals surface area contributed by atoms with Crippen LogP contribution in [0.15, 0.2) is 53.4 Å². The Bertz CT molecular complexity index is 744. The lowest BCUT2D eigenvalue weighted by Crippen LogP contribution is -2.37. The summed E-state index contributed by atoms with van der Waals surface area (Å²) in [5.74, 6) is 0.601. The first-order valence-corrected chi connectivity index (χ1v) is 9.08. The van der Waals surface area contributed by atoms with Crippen molar-refractivity contribution in [1.29, 1.82) is 0 Å². The first-order valence-electron chi connectivity index (χ1n) is 6.52. The molecule has 4 nitrogen and oxygen atoms in total. The van der Waals surface area contributed by atoms with Crippen molar-refractivity contribution >= 4 is 31.6 Å². The first kappa shape index (κ1) is 14.4. The Labute approximate surface area is 132 Å². The highest BCUT2D eigenvalue weighted by atomic mass is 79.9. The van der Waals surface area contributed by atoms with E-state index in [2.05, 4.69) is 15.9 Å². The van der Waals surface area contributed by atoms with Crippen molar-refractivity contribution in [3.63, 3.8) is 0 Å². The standard InChI is InChI=1S/C15H14BrNO3S/c16-11-12-5-7-13(8-6-12)21(18,19)17-9-10-20-15-4-2-1-3-14(15)17/h1-8H,9-11H2. The van der Waals surface area contributed by atoms with Crippen LogP contribution in [0.4, 0.5) is 5.69 Å². The molecule has 2 aromatic rings. The van der Waals surface area contributed by atoms with Crippen LogP contribution in [-0.2, 0) is 15.4 Å². The summed E-state index contributed by atoms with van der Waals surface area (Å²) >= 11 is 3.35. The van der Waals surface area contributed by atoms with Crippen LogP contribution in [0.5, 0.6) is 5.75 Å². The van der Waals surface area contributed by atoms with Gasteiger partial charge in [-0.25, -0.2) is 8.42 Å². The third kappa shape index (κ3) is 2.65. The summed E-state index contributed by atoms with van der Waals surface area (Å²) < 4.78 is 32.5. The second-order valence-corrected chi connectivity index (χ2v) is 7.09. The second-order valence-electron chi connectivity index (χ2n) is 4.67. The number of sulfonamides is 1. The van der Waals surface area contributed by atoms with Crippen molar-refractivity contribution in [2.24, 2.45) is 0 Å². The van der Waals surface area contributed by atoms with Gasteiger partial charge in [0.25, 0.3) is 10.0 Å². The van der Waals surface area contributed by atoms with Gasteiger partial charge in [0.1, 0.15) is 12.4 Å². The lowest BCUT2D eigenvalue weighted by molar-refractivity contribution is 0.316. The highest BCUT2D eigenvalue weighted by molar-refractivity contribution is 9.08. The molecule has 1 aliphatic heterocycles. The van der Waals surface area contributed by atoms with Crippen molar-refractivity contribution in [2.45, 2.75) is 10.2 Å². The molecular weight excluding hydrogens is 354 g/mol. The molecule has 0 bridgehead atoms. The molecule has 0 amide bonds. The molecule has 21 heavy (non-hydrogen) atoms. The minimum atomic E-state index is -3.56. The number of hydrogen-bond donors (Lipinski definition) is 0. The predicted molar refractivity (Wildman–Crippen MR) is 85.5 cm³/mol. The monoisotopic (exact) mass is 367 g/mol. The minimum absolute atomic E-state index is 0.295. The topological polar surface area (TPSA) is 46.6 Å². The fourth-order valence-electron chi connectivity index (χ4n) is 2.27. The summed E-state index contributed by atoms with van der Waals surface area (Å²) in [5, 5.41) is 0.702. The summed E-state index contributed by atoms with van der Waals surface area (Å²) in [5.41, 5.74) is 1.63. The van der Waals surface area contributed by atoms with E-state index < -0.39 is 10.0 Å². The fraction of sp³-hybridized carbons (Fsp3) is 0.200. The lowest BCUT2D eigenvalue weighted by atomic mass is 10.2. The van der Waals surface area contributed by atoms with Crippen LogP contribution in [0.1, 0.15) is 5.56 Å². The molecule has 3 rings (SSSR count). The van der Waals surface area contributed by atoms with Gasteiger partial charge in [0, 0.05) is 5.33 Å². The first-order chi connectivity index (χ1) is 10.1. The molecule has 0 saturated carbocycles. The predicted octanol–water partition coefficient (Wildman–Crippen LogP) is 3.17. The number of fused-ring (bicyclic) bond motifs is 1. The number of alkyl halides is 1.